The third-order valence-corrected chi connectivity index (χ3v) is 5.67. The second-order valence-corrected chi connectivity index (χ2v) is 6.91. The second kappa shape index (κ2) is 5.90. The molecule has 1 fully saturated rings. The van der Waals surface area contributed by atoms with Gasteiger partial charge in [-0.3, -0.25) is 0 Å². The number of nitrogens with zero attached hydrogens (tertiary/aromatic N) is 2. The SMILES string of the molecule is CCC1CCCN(S(=O)(=O)c2cccc(F)c2C#N)C1. The molecule has 108 valence electrons. The largest absolute Gasteiger partial charge is 0.244 e. The summed E-state index contributed by atoms with van der Waals surface area (Å²) in [7, 11) is -3.80. The Morgan fingerprint density at radius 3 is 2.90 bits per heavy atom. The quantitative estimate of drug-likeness (QED) is 0.861. The van der Waals surface area contributed by atoms with Crippen molar-refractivity contribution in [3.05, 3.63) is 29.6 Å². The molecule has 0 amide bonds. The van der Waals surface area contributed by atoms with E-state index in [0.717, 1.165) is 25.3 Å². The fourth-order valence-electron chi connectivity index (χ4n) is 2.55. The van der Waals surface area contributed by atoms with Crippen molar-refractivity contribution in [3.63, 3.8) is 0 Å². The van der Waals surface area contributed by atoms with Gasteiger partial charge in [0.25, 0.3) is 0 Å². The van der Waals surface area contributed by atoms with Gasteiger partial charge in [0, 0.05) is 13.1 Å². The normalized spacial score (nSPS) is 20.6. The van der Waals surface area contributed by atoms with Gasteiger partial charge in [-0.25, -0.2) is 12.8 Å². The highest BCUT2D eigenvalue weighted by molar-refractivity contribution is 7.89. The standard InChI is InChI=1S/C14H17FN2O2S/c1-2-11-5-4-8-17(10-11)20(18,19)14-7-3-6-13(15)12(14)9-16/h3,6-7,11H,2,4-5,8,10H2,1H3. The minimum absolute atomic E-state index is 0.225. The van der Waals surface area contributed by atoms with Gasteiger partial charge in [-0.05, 0) is 30.9 Å². The molecule has 20 heavy (non-hydrogen) atoms. The lowest BCUT2D eigenvalue weighted by atomic mass is 9.97. The molecule has 0 bridgehead atoms. The summed E-state index contributed by atoms with van der Waals surface area (Å²) in [5.74, 6) is -0.463. The summed E-state index contributed by atoms with van der Waals surface area (Å²) in [6.07, 6.45) is 2.73. The van der Waals surface area contributed by atoms with E-state index >= 15 is 0 Å². The van der Waals surface area contributed by atoms with Gasteiger partial charge < -0.3 is 0 Å². The smallest absolute Gasteiger partial charge is 0.207 e. The number of piperidine rings is 1. The molecule has 2 rings (SSSR count). The van der Waals surface area contributed by atoms with Crippen molar-refractivity contribution < 1.29 is 12.8 Å². The van der Waals surface area contributed by atoms with E-state index in [1.54, 1.807) is 6.07 Å². The number of benzene rings is 1. The first kappa shape index (κ1) is 14.9. The molecule has 1 aromatic carbocycles. The van der Waals surface area contributed by atoms with Crippen LogP contribution in [-0.4, -0.2) is 25.8 Å². The molecule has 0 N–H and O–H groups in total. The van der Waals surface area contributed by atoms with Crippen LogP contribution in [0.5, 0.6) is 0 Å². The molecule has 0 aromatic heterocycles. The van der Waals surface area contributed by atoms with Crippen molar-refractivity contribution in [1.29, 1.82) is 5.26 Å². The highest BCUT2D eigenvalue weighted by atomic mass is 32.2. The highest BCUT2D eigenvalue weighted by Crippen LogP contribution is 2.27. The van der Waals surface area contributed by atoms with E-state index in [1.807, 2.05) is 6.92 Å². The van der Waals surface area contributed by atoms with Crippen LogP contribution in [0.3, 0.4) is 0 Å². The summed E-state index contributed by atoms with van der Waals surface area (Å²) < 4.78 is 40.1. The maximum Gasteiger partial charge on any atom is 0.244 e. The van der Waals surface area contributed by atoms with E-state index in [1.165, 1.54) is 16.4 Å². The van der Waals surface area contributed by atoms with Crippen LogP contribution in [0.1, 0.15) is 31.7 Å². The number of sulfonamides is 1. The number of hydrogen-bond donors (Lipinski definition) is 0. The zero-order valence-electron chi connectivity index (χ0n) is 11.3. The van der Waals surface area contributed by atoms with E-state index in [4.69, 9.17) is 5.26 Å². The predicted molar refractivity (Wildman–Crippen MR) is 72.9 cm³/mol. The van der Waals surface area contributed by atoms with Gasteiger partial charge in [0.1, 0.15) is 22.3 Å². The fraction of sp³-hybridized carbons (Fsp3) is 0.500. The molecule has 1 atom stereocenters. The highest BCUT2D eigenvalue weighted by Gasteiger charge is 2.32. The minimum atomic E-state index is -3.80. The molecule has 1 aliphatic heterocycles. The van der Waals surface area contributed by atoms with Crippen LogP contribution in [0, 0.1) is 23.1 Å². The summed E-state index contributed by atoms with van der Waals surface area (Å²) in [4.78, 5) is -0.225. The fourth-order valence-corrected chi connectivity index (χ4v) is 4.25. The van der Waals surface area contributed by atoms with E-state index in [2.05, 4.69) is 0 Å². The third-order valence-electron chi connectivity index (χ3n) is 3.76. The van der Waals surface area contributed by atoms with Crippen molar-refractivity contribution in [2.45, 2.75) is 31.1 Å². The second-order valence-electron chi connectivity index (χ2n) is 5.00. The summed E-state index contributed by atoms with van der Waals surface area (Å²) in [5.41, 5.74) is -0.397. The van der Waals surface area contributed by atoms with Crippen molar-refractivity contribution in [2.75, 3.05) is 13.1 Å². The molecule has 1 aromatic rings. The average Bonchev–Trinajstić information content (AvgIpc) is 2.47. The molecule has 6 heteroatoms. The number of halogens is 1. The Morgan fingerprint density at radius 2 is 2.25 bits per heavy atom. The van der Waals surface area contributed by atoms with Crippen LogP contribution in [0.4, 0.5) is 4.39 Å². The van der Waals surface area contributed by atoms with Crippen molar-refractivity contribution in [3.8, 4) is 6.07 Å². The average molecular weight is 296 g/mol. The van der Waals surface area contributed by atoms with E-state index in [0.29, 0.717) is 19.0 Å². The molecule has 4 nitrogen and oxygen atoms in total. The Morgan fingerprint density at radius 1 is 1.50 bits per heavy atom. The number of rotatable bonds is 3. The monoisotopic (exact) mass is 296 g/mol. The first-order chi connectivity index (χ1) is 9.50. The van der Waals surface area contributed by atoms with Crippen LogP contribution >= 0.6 is 0 Å². The van der Waals surface area contributed by atoms with E-state index in [-0.39, 0.29) is 4.90 Å². The summed E-state index contributed by atoms with van der Waals surface area (Å²) >= 11 is 0. The molecule has 0 radical (unpaired) electrons. The molecule has 0 spiro atoms. The molecular weight excluding hydrogens is 279 g/mol. The molecule has 0 saturated carbocycles. The third kappa shape index (κ3) is 2.69. The van der Waals surface area contributed by atoms with Gasteiger partial charge in [-0.15, -0.1) is 0 Å². The zero-order chi connectivity index (χ0) is 14.8. The van der Waals surface area contributed by atoms with Crippen LogP contribution < -0.4 is 0 Å². The molecule has 1 unspecified atom stereocenters. The van der Waals surface area contributed by atoms with E-state index < -0.39 is 21.4 Å². The zero-order valence-corrected chi connectivity index (χ0v) is 12.2. The maximum absolute atomic E-state index is 13.6. The Bertz CT molecular complexity index is 637. The molecule has 0 aliphatic carbocycles. The Hall–Kier alpha value is -1.45. The summed E-state index contributed by atoms with van der Waals surface area (Å²) in [6.45, 7) is 2.91. The van der Waals surface area contributed by atoms with Crippen LogP contribution in [0.2, 0.25) is 0 Å². The number of nitriles is 1. The van der Waals surface area contributed by atoms with Gasteiger partial charge in [-0.1, -0.05) is 19.4 Å². The Kier molecular flexibility index (Phi) is 4.41. The Labute approximate surface area is 118 Å². The van der Waals surface area contributed by atoms with Crippen LogP contribution in [0.25, 0.3) is 0 Å². The first-order valence-electron chi connectivity index (χ1n) is 6.69. The molecule has 1 aliphatic rings. The van der Waals surface area contributed by atoms with Gasteiger partial charge in [0.2, 0.25) is 10.0 Å². The van der Waals surface area contributed by atoms with Crippen LogP contribution in [0.15, 0.2) is 23.1 Å². The lowest BCUT2D eigenvalue weighted by molar-refractivity contribution is 0.261. The van der Waals surface area contributed by atoms with Crippen molar-refractivity contribution in [2.24, 2.45) is 5.92 Å². The Balaban J connectivity index is 2.41. The number of hydrogen-bond acceptors (Lipinski definition) is 3. The van der Waals surface area contributed by atoms with Crippen molar-refractivity contribution in [1.82, 2.24) is 4.31 Å². The predicted octanol–water partition coefficient (Wildman–Crippen LogP) is 2.51. The summed E-state index contributed by atoms with van der Waals surface area (Å²) in [5, 5.41) is 8.99. The van der Waals surface area contributed by atoms with Gasteiger partial charge >= 0.3 is 0 Å². The van der Waals surface area contributed by atoms with Gasteiger partial charge in [0.05, 0.1) is 0 Å². The molecular formula is C14H17FN2O2S. The minimum Gasteiger partial charge on any atom is -0.207 e. The van der Waals surface area contributed by atoms with Gasteiger partial charge in [-0.2, -0.15) is 9.57 Å². The molecule has 1 saturated heterocycles. The van der Waals surface area contributed by atoms with Crippen LogP contribution in [-0.2, 0) is 10.0 Å². The summed E-state index contributed by atoms with van der Waals surface area (Å²) in [6, 6.07) is 5.38. The lowest BCUT2D eigenvalue weighted by Gasteiger charge is -2.31. The topological polar surface area (TPSA) is 61.2 Å². The maximum atomic E-state index is 13.6. The van der Waals surface area contributed by atoms with Gasteiger partial charge in [0.15, 0.2) is 0 Å². The van der Waals surface area contributed by atoms with Crippen molar-refractivity contribution >= 4 is 10.0 Å². The molecule has 1 heterocycles. The first-order valence-corrected chi connectivity index (χ1v) is 8.13. The lowest BCUT2D eigenvalue weighted by Crippen LogP contribution is -2.40. The van der Waals surface area contributed by atoms with E-state index in [9.17, 15) is 12.8 Å².